The number of nitrogens with one attached hydrogen (secondary N) is 1. The van der Waals surface area contributed by atoms with Gasteiger partial charge in [0.1, 0.15) is 24.0 Å². The summed E-state index contributed by atoms with van der Waals surface area (Å²) in [5, 5.41) is 17.0. The lowest BCUT2D eigenvalue weighted by Crippen LogP contribution is -2.14. The van der Waals surface area contributed by atoms with Gasteiger partial charge in [-0.2, -0.15) is 5.26 Å². The summed E-state index contributed by atoms with van der Waals surface area (Å²) in [6.45, 7) is 0.284. The summed E-state index contributed by atoms with van der Waals surface area (Å²) in [6.07, 6.45) is 1.42. The number of ether oxygens (including phenoxy) is 2. The van der Waals surface area contributed by atoms with Gasteiger partial charge in [-0.15, -0.1) is 0 Å². The van der Waals surface area contributed by atoms with E-state index in [1.807, 2.05) is 6.07 Å². The van der Waals surface area contributed by atoms with Crippen LogP contribution in [-0.4, -0.2) is 27.4 Å². The molecule has 0 heterocycles. The summed E-state index contributed by atoms with van der Waals surface area (Å²) in [6, 6.07) is 20.8. The second-order valence-corrected chi connectivity index (χ2v) is 8.80. The summed E-state index contributed by atoms with van der Waals surface area (Å²) < 4.78 is 33.0. The van der Waals surface area contributed by atoms with Gasteiger partial charge in [-0.1, -0.05) is 24.3 Å². The molecule has 3 N–H and O–H groups in total. The summed E-state index contributed by atoms with van der Waals surface area (Å²) >= 11 is 0. The second-order valence-electron chi connectivity index (χ2n) is 7.24. The smallest absolute Gasteiger partial charge is 0.337 e. The lowest BCUT2D eigenvalue weighted by molar-refractivity contribution is -0.112. The van der Waals surface area contributed by atoms with Crippen molar-refractivity contribution in [2.24, 2.45) is 5.14 Å². The number of nitrogens with two attached hydrogens (primary N) is 1. The SMILES string of the molecule is COC(=O)c1ccc(COc2ccc(/C=C(\C#N)C(=O)Nc3ccc(S(N)(=O)=O)cc3)cc2)cc1. The number of methoxy groups -OCH3 is 1. The predicted molar refractivity (Wildman–Crippen MR) is 129 cm³/mol. The van der Waals surface area contributed by atoms with Gasteiger partial charge >= 0.3 is 5.97 Å². The number of carbonyl (C=O) groups is 2. The fraction of sp³-hybridized carbons (Fsp3) is 0.0800. The highest BCUT2D eigenvalue weighted by molar-refractivity contribution is 7.89. The van der Waals surface area contributed by atoms with Crippen LogP contribution in [0.3, 0.4) is 0 Å². The van der Waals surface area contributed by atoms with E-state index in [4.69, 9.17) is 9.88 Å². The first-order chi connectivity index (χ1) is 16.7. The third kappa shape index (κ3) is 7.01. The molecule has 35 heavy (non-hydrogen) atoms. The van der Waals surface area contributed by atoms with Crippen LogP contribution in [0.25, 0.3) is 6.08 Å². The van der Waals surface area contributed by atoms with Crippen molar-refractivity contribution in [1.82, 2.24) is 0 Å². The molecule has 9 nitrogen and oxygen atoms in total. The Bertz CT molecular complexity index is 1390. The molecule has 0 saturated carbocycles. The zero-order valence-corrected chi connectivity index (χ0v) is 19.4. The highest BCUT2D eigenvalue weighted by Crippen LogP contribution is 2.18. The van der Waals surface area contributed by atoms with Gasteiger partial charge in [0.15, 0.2) is 0 Å². The fourth-order valence-electron chi connectivity index (χ4n) is 2.92. The van der Waals surface area contributed by atoms with Crippen LogP contribution in [0.4, 0.5) is 5.69 Å². The maximum Gasteiger partial charge on any atom is 0.337 e. The Morgan fingerprint density at radius 1 is 1.00 bits per heavy atom. The second kappa shape index (κ2) is 11.1. The first kappa shape index (κ1) is 25.2. The maximum absolute atomic E-state index is 12.4. The van der Waals surface area contributed by atoms with Crippen LogP contribution in [0.1, 0.15) is 21.5 Å². The third-order valence-electron chi connectivity index (χ3n) is 4.78. The zero-order valence-electron chi connectivity index (χ0n) is 18.6. The molecule has 0 fully saturated rings. The number of anilines is 1. The molecule has 3 aromatic carbocycles. The van der Waals surface area contributed by atoms with Gasteiger partial charge in [-0.3, -0.25) is 4.79 Å². The number of hydrogen-bond acceptors (Lipinski definition) is 7. The number of nitriles is 1. The first-order valence-corrected chi connectivity index (χ1v) is 11.7. The largest absolute Gasteiger partial charge is 0.489 e. The van der Waals surface area contributed by atoms with Gasteiger partial charge in [-0.05, 0) is 65.7 Å². The van der Waals surface area contributed by atoms with Crippen molar-refractivity contribution in [2.75, 3.05) is 12.4 Å². The summed E-state index contributed by atoms with van der Waals surface area (Å²) in [4.78, 5) is 23.8. The van der Waals surface area contributed by atoms with Crippen LogP contribution in [0, 0.1) is 11.3 Å². The van der Waals surface area contributed by atoms with Crippen molar-refractivity contribution in [3.05, 3.63) is 95.1 Å². The summed E-state index contributed by atoms with van der Waals surface area (Å²) in [7, 11) is -2.52. The van der Waals surface area contributed by atoms with Crippen LogP contribution in [-0.2, 0) is 26.2 Å². The van der Waals surface area contributed by atoms with Gasteiger partial charge < -0.3 is 14.8 Å². The maximum atomic E-state index is 12.4. The van der Waals surface area contributed by atoms with Crippen LogP contribution < -0.4 is 15.2 Å². The molecule has 0 aliphatic rings. The average Bonchev–Trinajstić information content (AvgIpc) is 2.86. The van der Waals surface area contributed by atoms with E-state index < -0.39 is 21.9 Å². The quantitative estimate of drug-likeness (QED) is 0.279. The van der Waals surface area contributed by atoms with E-state index >= 15 is 0 Å². The number of esters is 1. The molecule has 0 unspecified atom stereocenters. The normalized spacial score (nSPS) is 11.3. The van der Waals surface area contributed by atoms with Crippen LogP contribution >= 0.6 is 0 Å². The molecule has 0 aromatic heterocycles. The van der Waals surface area contributed by atoms with Crippen molar-refractivity contribution in [3.63, 3.8) is 0 Å². The number of nitrogens with zero attached hydrogens (tertiary/aromatic N) is 1. The molecule has 0 aliphatic heterocycles. The topological polar surface area (TPSA) is 149 Å². The number of benzene rings is 3. The molecule has 3 aromatic rings. The molecule has 0 spiro atoms. The number of rotatable bonds is 8. The molecule has 178 valence electrons. The number of amides is 1. The number of primary sulfonamides is 1. The summed E-state index contributed by atoms with van der Waals surface area (Å²) in [5.74, 6) is -0.477. The van der Waals surface area contributed by atoms with Gasteiger partial charge in [-0.25, -0.2) is 18.4 Å². The van der Waals surface area contributed by atoms with Crippen LogP contribution in [0.2, 0.25) is 0 Å². The predicted octanol–water partition coefficient (Wildman–Crippen LogP) is 3.25. The van der Waals surface area contributed by atoms with Crippen molar-refractivity contribution in [1.29, 1.82) is 5.26 Å². The Labute approximate surface area is 202 Å². The Morgan fingerprint density at radius 3 is 2.17 bits per heavy atom. The van der Waals surface area contributed by atoms with E-state index in [0.29, 0.717) is 22.6 Å². The minimum absolute atomic E-state index is 0.0907. The van der Waals surface area contributed by atoms with E-state index in [1.54, 1.807) is 48.5 Å². The van der Waals surface area contributed by atoms with E-state index in [2.05, 4.69) is 10.1 Å². The van der Waals surface area contributed by atoms with Gasteiger partial charge in [0.2, 0.25) is 10.0 Å². The third-order valence-corrected chi connectivity index (χ3v) is 5.71. The molecule has 1 amide bonds. The molecule has 3 rings (SSSR count). The molecule has 0 atom stereocenters. The minimum atomic E-state index is -3.84. The summed E-state index contributed by atoms with van der Waals surface area (Å²) in [5.41, 5.74) is 2.09. The molecule has 0 bridgehead atoms. The van der Waals surface area contributed by atoms with E-state index in [9.17, 15) is 23.3 Å². The molecule has 0 aliphatic carbocycles. The Hall–Kier alpha value is -4.46. The van der Waals surface area contributed by atoms with Gasteiger partial charge in [0, 0.05) is 5.69 Å². The van der Waals surface area contributed by atoms with Crippen LogP contribution in [0.15, 0.2) is 83.3 Å². The molecular weight excluding hydrogens is 470 g/mol. The van der Waals surface area contributed by atoms with Crippen molar-refractivity contribution in [2.45, 2.75) is 11.5 Å². The van der Waals surface area contributed by atoms with E-state index in [0.717, 1.165) is 5.56 Å². The van der Waals surface area contributed by atoms with Crippen molar-refractivity contribution in [3.8, 4) is 11.8 Å². The van der Waals surface area contributed by atoms with Crippen LogP contribution in [0.5, 0.6) is 5.75 Å². The molecular formula is C25H21N3O6S. The Balaban J connectivity index is 1.61. The molecule has 0 saturated heterocycles. The first-order valence-electron chi connectivity index (χ1n) is 10.2. The fourth-order valence-corrected chi connectivity index (χ4v) is 3.44. The highest BCUT2D eigenvalue weighted by atomic mass is 32.2. The highest BCUT2D eigenvalue weighted by Gasteiger charge is 2.12. The van der Waals surface area contributed by atoms with E-state index in [1.165, 1.54) is 37.5 Å². The molecule has 0 radical (unpaired) electrons. The van der Waals surface area contributed by atoms with Gasteiger partial charge in [0.05, 0.1) is 17.6 Å². The van der Waals surface area contributed by atoms with E-state index in [-0.39, 0.29) is 17.1 Å². The Kier molecular flexibility index (Phi) is 7.99. The lowest BCUT2D eigenvalue weighted by Gasteiger charge is -2.08. The number of sulfonamides is 1. The van der Waals surface area contributed by atoms with Crippen molar-refractivity contribution < 1.29 is 27.5 Å². The lowest BCUT2D eigenvalue weighted by atomic mass is 10.1. The average molecular weight is 492 g/mol. The zero-order chi connectivity index (χ0) is 25.4. The minimum Gasteiger partial charge on any atom is -0.489 e. The molecule has 10 heteroatoms. The monoisotopic (exact) mass is 491 g/mol. The van der Waals surface area contributed by atoms with Gasteiger partial charge in [0.25, 0.3) is 5.91 Å². The standard InChI is InChI=1S/C25H21N3O6S/c1-33-25(30)19-6-2-18(3-7-19)16-34-22-10-4-17(5-11-22)14-20(15-26)24(29)28-21-8-12-23(13-9-21)35(27,31)32/h2-14H,16H2,1H3,(H,28,29)(H2,27,31,32)/b20-14+. The Morgan fingerprint density at radius 2 is 1.63 bits per heavy atom. The van der Waals surface area contributed by atoms with Crippen molar-refractivity contribution >= 4 is 33.7 Å². The number of hydrogen-bond donors (Lipinski definition) is 2. The number of carbonyl (C=O) groups excluding carboxylic acids is 2.